The van der Waals surface area contributed by atoms with Crippen LogP contribution in [0.1, 0.15) is 154 Å². The van der Waals surface area contributed by atoms with Crippen molar-refractivity contribution in [2.75, 3.05) is 13.7 Å². The highest BCUT2D eigenvalue weighted by Gasteiger charge is 2.02. The molecule has 4 heteroatoms. The van der Waals surface area contributed by atoms with Crippen molar-refractivity contribution in [3.05, 3.63) is 29.8 Å². The van der Waals surface area contributed by atoms with E-state index in [4.69, 9.17) is 9.47 Å². The average Bonchev–Trinajstić information content (AvgIpc) is 2.93. The Balaban J connectivity index is 1.79. The van der Waals surface area contributed by atoms with Gasteiger partial charge in [-0.05, 0) is 30.2 Å². The minimum absolute atomic E-state index is 0.0808. The molecular weight excluding hydrogens is 472 g/mol. The summed E-state index contributed by atoms with van der Waals surface area (Å²) in [5, 5.41) is 9.62. The highest BCUT2D eigenvalue weighted by atomic mass is 16.5. The van der Waals surface area contributed by atoms with E-state index in [1.807, 2.05) is 0 Å². The first-order chi connectivity index (χ1) is 18.7. The fraction of sp³-hybridized carbons (Fsp3) is 0.735. The van der Waals surface area contributed by atoms with Gasteiger partial charge >= 0.3 is 5.97 Å². The maximum absolute atomic E-state index is 11.9. The van der Waals surface area contributed by atoms with Crippen LogP contribution in [0.2, 0.25) is 0 Å². The van der Waals surface area contributed by atoms with E-state index in [-0.39, 0.29) is 11.7 Å². The maximum Gasteiger partial charge on any atom is 0.330 e. The molecule has 0 atom stereocenters. The molecule has 1 aromatic carbocycles. The first-order valence-electron chi connectivity index (χ1n) is 15.9. The van der Waals surface area contributed by atoms with Crippen molar-refractivity contribution < 1.29 is 19.4 Å². The molecule has 0 fully saturated rings. The second-order valence-electron chi connectivity index (χ2n) is 10.9. The summed E-state index contributed by atoms with van der Waals surface area (Å²) < 4.78 is 10.4. The lowest BCUT2D eigenvalue weighted by atomic mass is 10.0. The Morgan fingerprint density at radius 3 is 1.53 bits per heavy atom. The van der Waals surface area contributed by atoms with Crippen molar-refractivity contribution in [1.82, 2.24) is 0 Å². The van der Waals surface area contributed by atoms with Crippen LogP contribution in [-0.4, -0.2) is 24.8 Å². The Kier molecular flexibility index (Phi) is 22.7. The van der Waals surface area contributed by atoms with Crippen molar-refractivity contribution in [2.24, 2.45) is 0 Å². The molecule has 0 bridgehead atoms. The summed E-state index contributed by atoms with van der Waals surface area (Å²) in [6, 6.07) is 4.95. The van der Waals surface area contributed by atoms with Crippen molar-refractivity contribution >= 4 is 12.0 Å². The number of phenols is 1. The predicted octanol–water partition coefficient (Wildman–Crippen LogP) is 10.6. The van der Waals surface area contributed by atoms with Crippen LogP contribution < -0.4 is 4.74 Å². The molecule has 0 aliphatic heterocycles. The van der Waals surface area contributed by atoms with Crippen LogP contribution >= 0.6 is 0 Å². The van der Waals surface area contributed by atoms with Crippen LogP contribution in [0.3, 0.4) is 0 Å². The zero-order valence-corrected chi connectivity index (χ0v) is 24.8. The Bertz CT molecular complexity index is 712. The van der Waals surface area contributed by atoms with E-state index in [0.29, 0.717) is 12.4 Å². The molecule has 0 amide bonds. The lowest BCUT2D eigenvalue weighted by Crippen LogP contribution is -2.02. The molecule has 0 saturated heterocycles. The molecular formula is C34H58O4. The number of ether oxygens (including phenoxy) is 2. The number of benzene rings is 1. The van der Waals surface area contributed by atoms with E-state index in [9.17, 15) is 9.90 Å². The second kappa shape index (κ2) is 25.3. The molecule has 218 valence electrons. The van der Waals surface area contributed by atoms with Gasteiger partial charge in [0.2, 0.25) is 0 Å². The minimum atomic E-state index is -0.333. The molecule has 0 aromatic heterocycles. The first-order valence-corrected chi connectivity index (χ1v) is 15.9. The standard InChI is InChI=1S/C34H58O4/c1-3-4-5-6-7-8-9-10-11-12-13-14-15-16-17-18-19-20-21-22-23-24-29-38-34(36)28-26-31-25-27-32(35)33(30-31)37-2/h25-28,30,35H,3-24,29H2,1-2H3. The van der Waals surface area contributed by atoms with E-state index >= 15 is 0 Å². The van der Waals surface area contributed by atoms with Gasteiger partial charge in [0.1, 0.15) is 0 Å². The SMILES string of the molecule is CCCCCCCCCCCCCCCCCCCCCCCCOC(=O)C=Cc1ccc(O)c(OC)c1. The van der Waals surface area contributed by atoms with Crippen LogP contribution in [0.15, 0.2) is 24.3 Å². The highest BCUT2D eigenvalue weighted by Crippen LogP contribution is 2.26. The van der Waals surface area contributed by atoms with Gasteiger partial charge in [0.05, 0.1) is 13.7 Å². The lowest BCUT2D eigenvalue weighted by molar-refractivity contribution is -0.137. The molecule has 1 aromatic rings. The number of hydrogen-bond donors (Lipinski definition) is 1. The Morgan fingerprint density at radius 1 is 0.684 bits per heavy atom. The number of aromatic hydroxyl groups is 1. The van der Waals surface area contributed by atoms with E-state index in [0.717, 1.165) is 18.4 Å². The van der Waals surface area contributed by atoms with Crippen molar-refractivity contribution in [3.8, 4) is 11.5 Å². The molecule has 0 aliphatic rings. The number of methoxy groups -OCH3 is 1. The van der Waals surface area contributed by atoms with Gasteiger partial charge in [-0.3, -0.25) is 0 Å². The predicted molar refractivity (Wildman–Crippen MR) is 162 cm³/mol. The Labute approximate surface area is 234 Å². The fourth-order valence-corrected chi connectivity index (χ4v) is 4.89. The first kappa shape index (κ1) is 34.1. The highest BCUT2D eigenvalue weighted by molar-refractivity contribution is 5.87. The molecule has 0 radical (unpaired) electrons. The summed E-state index contributed by atoms with van der Waals surface area (Å²) in [6.07, 6.45) is 33.2. The third-order valence-corrected chi connectivity index (χ3v) is 7.36. The van der Waals surface area contributed by atoms with Gasteiger partial charge in [-0.25, -0.2) is 4.79 Å². The molecule has 1 rings (SSSR count). The van der Waals surface area contributed by atoms with Crippen molar-refractivity contribution in [2.45, 2.75) is 148 Å². The van der Waals surface area contributed by atoms with Gasteiger partial charge in [0.15, 0.2) is 11.5 Å². The van der Waals surface area contributed by atoms with E-state index in [2.05, 4.69) is 6.92 Å². The summed E-state index contributed by atoms with van der Waals surface area (Å²) >= 11 is 0. The summed E-state index contributed by atoms with van der Waals surface area (Å²) in [5.74, 6) is 0.133. The number of unbranched alkanes of at least 4 members (excludes halogenated alkanes) is 21. The summed E-state index contributed by atoms with van der Waals surface area (Å²) in [5.41, 5.74) is 0.779. The molecule has 1 N–H and O–H groups in total. The number of esters is 1. The van der Waals surface area contributed by atoms with E-state index < -0.39 is 0 Å². The minimum Gasteiger partial charge on any atom is -0.504 e. The molecule has 0 heterocycles. The van der Waals surface area contributed by atoms with Gasteiger partial charge in [-0.1, -0.05) is 148 Å². The molecule has 0 unspecified atom stereocenters. The van der Waals surface area contributed by atoms with Crippen LogP contribution in [0.5, 0.6) is 11.5 Å². The largest absolute Gasteiger partial charge is 0.504 e. The number of carbonyl (C=O) groups is 1. The summed E-state index contributed by atoms with van der Waals surface area (Å²) in [7, 11) is 1.50. The molecule has 0 aliphatic carbocycles. The second-order valence-corrected chi connectivity index (χ2v) is 10.9. The number of hydrogen-bond acceptors (Lipinski definition) is 4. The van der Waals surface area contributed by atoms with E-state index in [1.165, 1.54) is 142 Å². The van der Waals surface area contributed by atoms with Gasteiger partial charge in [0, 0.05) is 6.08 Å². The third kappa shape index (κ3) is 20.1. The van der Waals surface area contributed by atoms with Gasteiger partial charge in [0.25, 0.3) is 0 Å². The zero-order valence-electron chi connectivity index (χ0n) is 24.8. The Hall–Kier alpha value is -1.97. The molecule has 4 nitrogen and oxygen atoms in total. The Morgan fingerprint density at radius 2 is 1.11 bits per heavy atom. The maximum atomic E-state index is 11.9. The van der Waals surface area contributed by atoms with Gasteiger partial charge < -0.3 is 14.6 Å². The zero-order chi connectivity index (χ0) is 27.5. The smallest absolute Gasteiger partial charge is 0.330 e. The molecule has 38 heavy (non-hydrogen) atoms. The summed E-state index contributed by atoms with van der Waals surface area (Å²) in [4.78, 5) is 11.9. The fourth-order valence-electron chi connectivity index (χ4n) is 4.89. The van der Waals surface area contributed by atoms with Crippen LogP contribution in [-0.2, 0) is 9.53 Å². The lowest BCUT2D eigenvalue weighted by Gasteiger charge is -2.05. The van der Waals surface area contributed by atoms with Crippen LogP contribution in [0.4, 0.5) is 0 Å². The third-order valence-electron chi connectivity index (χ3n) is 7.36. The topological polar surface area (TPSA) is 55.8 Å². The van der Waals surface area contributed by atoms with E-state index in [1.54, 1.807) is 24.3 Å². The molecule has 0 saturated carbocycles. The van der Waals surface area contributed by atoms with Gasteiger partial charge in [-0.15, -0.1) is 0 Å². The summed E-state index contributed by atoms with van der Waals surface area (Å²) in [6.45, 7) is 2.76. The quantitative estimate of drug-likeness (QED) is 0.0735. The normalized spacial score (nSPS) is 11.3. The monoisotopic (exact) mass is 530 g/mol. The average molecular weight is 531 g/mol. The van der Waals surface area contributed by atoms with Gasteiger partial charge in [-0.2, -0.15) is 0 Å². The molecule has 0 spiro atoms. The van der Waals surface area contributed by atoms with Crippen LogP contribution in [0.25, 0.3) is 6.08 Å². The van der Waals surface area contributed by atoms with Crippen molar-refractivity contribution in [3.63, 3.8) is 0 Å². The number of rotatable bonds is 26. The number of phenolic OH excluding ortho intramolecular Hbond substituents is 1. The van der Waals surface area contributed by atoms with Crippen molar-refractivity contribution in [1.29, 1.82) is 0 Å². The van der Waals surface area contributed by atoms with Crippen LogP contribution in [0, 0.1) is 0 Å². The number of carbonyl (C=O) groups excluding carboxylic acids is 1.